The maximum atomic E-state index is 14.5. The van der Waals surface area contributed by atoms with Gasteiger partial charge in [-0.1, -0.05) is 23.7 Å². The van der Waals surface area contributed by atoms with E-state index in [-0.39, 0.29) is 17.8 Å². The van der Waals surface area contributed by atoms with Crippen LogP contribution in [0.4, 0.5) is 15.8 Å². The molecule has 192 valence electrons. The average molecular weight is 519 g/mol. The van der Waals surface area contributed by atoms with Gasteiger partial charge in [0.15, 0.2) is 0 Å². The minimum absolute atomic E-state index is 0.0236. The van der Waals surface area contributed by atoms with Gasteiger partial charge in [0, 0.05) is 35.9 Å². The fraction of sp³-hybridized carbons (Fsp3) is 0.333. The third-order valence-electron chi connectivity index (χ3n) is 7.42. The molecule has 0 radical (unpaired) electrons. The van der Waals surface area contributed by atoms with Crippen LogP contribution in [0.1, 0.15) is 41.1 Å². The predicted molar refractivity (Wildman–Crippen MR) is 150 cm³/mol. The largest absolute Gasteiger partial charge is 0.342 e. The number of aryl methyl sites for hydroxylation is 2. The fourth-order valence-corrected chi connectivity index (χ4v) is 5.73. The standard InChI is InChI=1S/C30H32ClFN4O/c1-18-11-21(31)14-23(12-18)36-17-34-28-13-19(2)25(24-8-5-9-27(32)20(24)3)15-26(28)29(36)30(37)35(4)16-22-7-6-10-33-22/h5,8-9,11-15,17,22,29,33H,6-7,10,16H2,1-4H3/t22-,29?/m0/s1. The molecule has 0 aromatic heterocycles. The van der Waals surface area contributed by atoms with Crippen molar-refractivity contribution < 1.29 is 9.18 Å². The summed E-state index contributed by atoms with van der Waals surface area (Å²) in [4.78, 5) is 22.6. The van der Waals surface area contributed by atoms with E-state index in [1.807, 2.05) is 67.1 Å². The van der Waals surface area contributed by atoms with E-state index in [4.69, 9.17) is 16.6 Å². The van der Waals surface area contributed by atoms with Crippen molar-refractivity contribution in [2.24, 2.45) is 4.99 Å². The summed E-state index contributed by atoms with van der Waals surface area (Å²) >= 11 is 6.42. The number of nitrogens with one attached hydrogen (secondary N) is 1. The van der Waals surface area contributed by atoms with Crippen molar-refractivity contribution >= 4 is 35.2 Å². The van der Waals surface area contributed by atoms with Crippen molar-refractivity contribution in [3.63, 3.8) is 0 Å². The molecule has 1 saturated heterocycles. The van der Waals surface area contributed by atoms with Gasteiger partial charge in [0.2, 0.25) is 5.91 Å². The highest BCUT2D eigenvalue weighted by atomic mass is 35.5. The van der Waals surface area contributed by atoms with E-state index in [9.17, 15) is 9.18 Å². The minimum atomic E-state index is -0.634. The van der Waals surface area contributed by atoms with Gasteiger partial charge in [-0.15, -0.1) is 0 Å². The third kappa shape index (κ3) is 5.00. The first kappa shape index (κ1) is 25.4. The van der Waals surface area contributed by atoms with Gasteiger partial charge in [-0.2, -0.15) is 0 Å². The predicted octanol–water partition coefficient (Wildman–Crippen LogP) is 6.50. The smallest absolute Gasteiger partial charge is 0.250 e. The molecule has 0 bridgehead atoms. The van der Waals surface area contributed by atoms with Crippen LogP contribution in [0.15, 0.2) is 53.5 Å². The summed E-state index contributed by atoms with van der Waals surface area (Å²) in [7, 11) is 1.86. The van der Waals surface area contributed by atoms with Crippen LogP contribution in [0.3, 0.4) is 0 Å². The van der Waals surface area contributed by atoms with Gasteiger partial charge < -0.3 is 15.1 Å². The van der Waals surface area contributed by atoms with Crippen LogP contribution in [-0.4, -0.2) is 43.3 Å². The molecule has 3 aromatic rings. The Morgan fingerprint density at radius 1 is 1.16 bits per heavy atom. The van der Waals surface area contributed by atoms with Gasteiger partial charge in [0.1, 0.15) is 11.9 Å². The van der Waals surface area contributed by atoms with E-state index in [0.29, 0.717) is 17.1 Å². The molecule has 2 atom stereocenters. The summed E-state index contributed by atoms with van der Waals surface area (Å²) in [6.45, 7) is 7.37. The number of halogens is 2. The lowest BCUT2D eigenvalue weighted by Crippen LogP contribution is -2.46. The number of fused-ring (bicyclic) bond motifs is 1. The number of aliphatic imine (C=N–C) groups is 1. The van der Waals surface area contributed by atoms with E-state index in [1.54, 1.807) is 19.3 Å². The van der Waals surface area contributed by atoms with Gasteiger partial charge in [-0.3, -0.25) is 4.79 Å². The maximum absolute atomic E-state index is 14.5. The highest BCUT2D eigenvalue weighted by molar-refractivity contribution is 6.31. The molecule has 7 heteroatoms. The van der Waals surface area contributed by atoms with Crippen molar-refractivity contribution in [2.75, 3.05) is 25.0 Å². The van der Waals surface area contributed by atoms with Gasteiger partial charge in [0.05, 0.1) is 12.0 Å². The Kier molecular flexibility index (Phi) is 7.06. The Balaban J connectivity index is 1.63. The lowest BCUT2D eigenvalue weighted by Gasteiger charge is -2.36. The molecule has 0 spiro atoms. The van der Waals surface area contributed by atoms with Crippen LogP contribution in [0.2, 0.25) is 5.02 Å². The van der Waals surface area contributed by atoms with Crippen molar-refractivity contribution in [1.82, 2.24) is 10.2 Å². The first-order valence-electron chi connectivity index (χ1n) is 12.7. The average Bonchev–Trinajstić information content (AvgIpc) is 3.37. The number of anilines is 1. The van der Waals surface area contributed by atoms with Crippen LogP contribution >= 0.6 is 11.6 Å². The highest BCUT2D eigenvalue weighted by Crippen LogP contribution is 2.42. The molecular weight excluding hydrogens is 487 g/mol. The Hall–Kier alpha value is -3.22. The molecule has 0 aliphatic carbocycles. The van der Waals surface area contributed by atoms with Gasteiger partial charge in [-0.05, 0) is 104 Å². The number of hydrogen-bond donors (Lipinski definition) is 1. The topological polar surface area (TPSA) is 47.9 Å². The molecule has 3 aromatic carbocycles. The first-order chi connectivity index (χ1) is 17.7. The summed E-state index contributed by atoms with van der Waals surface area (Å²) in [5.74, 6) is -0.274. The van der Waals surface area contributed by atoms with E-state index in [1.165, 1.54) is 6.07 Å². The molecule has 1 unspecified atom stereocenters. The zero-order valence-corrected chi connectivity index (χ0v) is 22.4. The summed E-state index contributed by atoms with van der Waals surface area (Å²) in [6, 6.07) is 14.5. The molecular formula is C30H32ClFN4O. The maximum Gasteiger partial charge on any atom is 0.250 e. The lowest BCUT2D eigenvalue weighted by atomic mass is 9.90. The molecule has 1 N–H and O–H groups in total. The van der Waals surface area contributed by atoms with E-state index >= 15 is 0 Å². The van der Waals surface area contributed by atoms with Gasteiger partial charge >= 0.3 is 0 Å². The summed E-state index contributed by atoms with van der Waals surface area (Å²) in [5.41, 5.74) is 6.61. The Labute approximate surface area is 223 Å². The number of rotatable bonds is 5. The Morgan fingerprint density at radius 2 is 1.97 bits per heavy atom. The molecule has 0 saturated carbocycles. The molecule has 1 amide bonds. The number of hydrogen-bond acceptors (Lipinski definition) is 4. The van der Waals surface area contributed by atoms with E-state index < -0.39 is 6.04 Å². The summed E-state index contributed by atoms with van der Waals surface area (Å²) in [5, 5.41) is 4.09. The fourth-order valence-electron chi connectivity index (χ4n) is 5.45. The number of nitrogens with zero attached hydrogens (tertiary/aromatic N) is 3. The number of carbonyl (C=O) groups is 1. The molecule has 5 nitrogen and oxygen atoms in total. The number of carbonyl (C=O) groups excluding carboxylic acids is 1. The summed E-state index contributed by atoms with van der Waals surface area (Å²) < 4.78 is 14.5. The summed E-state index contributed by atoms with van der Waals surface area (Å²) in [6.07, 6.45) is 3.90. The van der Waals surface area contributed by atoms with Gasteiger partial charge in [0.25, 0.3) is 0 Å². The second-order valence-electron chi connectivity index (χ2n) is 10.2. The molecule has 1 fully saturated rings. The van der Waals surface area contributed by atoms with Gasteiger partial charge in [-0.25, -0.2) is 9.38 Å². The third-order valence-corrected chi connectivity index (χ3v) is 7.64. The minimum Gasteiger partial charge on any atom is -0.342 e. The normalized spacial score (nSPS) is 18.7. The van der Waals surface area contributed by atoms with Crippen LogP contribution in [-0.2, 0) is 4.79 Å². The van der Waals surface area contributed by atoms with Crippen molar-refractivity contribution in [1.29, 1.82) is 0 Å². The van der Waals surface area contributed by atoms with E-state index in [0.717, 1.165) is 58.6 Å². The molecule has 2 aliphatic rings. The lowest BCUT2D eigenvalue weighted by molar-refractivity contribution is -0.131. The SMILES string of the molecule is Cc1cc(Cl)cc(N2C=Nc3cc(C)c(-c4cccc(F)c4C)cc3C2C(=O)N(C)C[C@@H]2CCCN2)c1. The molecule has 37 heavy (non-hydrogen) atoms. The second-order valence-corrected chi connectivity index (χ2v) is 10.6. The molecule has 5 rings (SSSR count). The van der Waals surface area contributed by atoms with Crippen molar-refractivity contribution in [2.45, 2.75) is 45.7 Å². The van der Waals surface area contributed by atoms with Crippen molar-refractivity contribution in [3.05, 3.63) is 81.6 Å². The van der Waals surface area contributed by atoms with E-state index in [2.05, 4.69) is 5.32 Å². The van der Waals surface area contributed by atoms with Crippen LogP contribution in [0.25, 0.3) is 11.1 Å². The van der Waals surface area contributed by atoms with Crippen molar-refractivity contribution in [3.8, 4) is 11.1 Å². The highest BCUT2D eigenvalue weighted by Gasteiger charge is 2.36. The number of benzene rings is 3. The Bertz CT molecular complexity index is 1360. The quantitative estimate of drug-likeness (QED) is 0.419. The number of likely N-dealkylation sites (N-methyl/N-ethyl adjacent to an activating group) is 1. The van der Waals surface area contributed by atoms with Crippen LogP contribution in [0.5, 0.6) is 0 Å². The first-order valence-corrected chi connectivity index (χ1v) is 13.1. The zero-order valence-electron chi connectivity index (χ0n) is 21.7. The number of amides is 1. The van der Waals surface area contributed by atoms with Crippen LogP contribution < -0.4 is 10.2 Å². The second kappa shape index (κ2) is 10.3. The molecule has 2 heterocycles. The molecule has 2 aliphatic heterocycles. The zero-order chi connectivity index (χ0) is 26.3. The van der Waals surface area contributed by atoms with Crippen LogP contribution in [0, 0.1) is 26.6 Å². The monoisotopic (exact) mass is 518 g/mol. The Morgan fingerprint density at radius 3 is 2.70 bits per heavy atom.